The molecule has 0 spiro atoms. The zero-order valence-electron chi connectivity index (χ0n) is 16.2. The van der Waals surface area contributed by atoms with Gasteiger partial charge in [-0.3, -0.25) is 4.79 Å². The Morgan fingerprint density at radius 1 is 1.23 bits per heavy atom. The van der Waals surface area contributed by atoms with Gasteiger partial charge in [-0.1, -0.05) is 17.7 Å². The summed E-state index contributed by atoms with van der Waals surface area (Å²) in [7, 11) is 0. The fraction of sp³-hybridized carbons (Fsp3) is 0.600. The average molecular weight is 362 g/mol. The molecule has 2 amide bonds. The maximum Gasteiger partial charge on any atom is 0.410 e. The minimum atomic E-state index is -0.528. The molecule has 1 atom stereocenters. The first kappa shape index (κ1) is 20.1. The zero-order valence-corrected chi connectivity index (χ0v) is 16.2. The molecule has 0 bridgehead atoms. The van der Waals surface area contributed by atoms with Crippen LogP contribution < -0.4 is 10.1 Å². The molecule has 1 aromatic carbocycles. The lowest BCUT2D eigenvalue weighted by Crippen LogP contribution is -2.47. The molecule has 1 N–H and O–H groups in total. The summed E-state index contributed by atoms with van der Waals surface area (Å²) in [5.74, 6) is 0.556. The molecule has 26 heavy (non-hydrogen) atoms. The van der Waals surface area contributed by atoms with Crippen molar-refractivity contribution in [3.63, 3.8) is 0 Å². The highest BCUT2D eigenvalue weighted by atomic mass is 16.6. The van der Waals surface area contributed by atoms with E-state index in [0.29, 0.717) is 26.2 Å². The number of carbonyl (C=O) groups excluding carboxylic acids is 2. The Bertz CT molecular complexity index is 607. The SMILES string of the molecule is Cc1ccc(OCCNC(=O)C2CCCN(C(=O)OC(C)(C)C)C2)cc1. The van der Waals surface area contributed by atoms with Crippen LogP contribution in [-0.4, -0.2) is 48.7 Å². The lowest BCUT2D eigenvalue weighted by molar-refractivity contribution is -0.126. The number of hydrogen-bond donors (Lipinski definition) is 1. The molecule has 2 rings (SSSR count). The Morgan fingerprint density at radius 3 is 2.58 bits per heavy atom. The van der Waals surface area contributed by atoms with E-state index in [1.165, 1.54) is 5.56 Å². The Balaban J connectivity index is 1.72. The molecule has 6 nitrogen and oxygen atoms in total. The molecule has 1 aromatic rings. The standard InChI is InChI=1S/C20H30N2O4/c1-15-7-9-17(10-8-15)25-13-11-21-18(23)16-6-5-12-22(14-16)19(24)26-20(2,3)4/h7-10,16H,5-6,11-14H2,1-4H3,(H,21,23). The quantitative estimate of drug-likeness (QED) is 0.817. The van der Waals surface area contributed by atoms with Gasteiger partial charge in [-0.05, 0) is 52.7 Å². The van der Waals surface area contributed by atoms with Crippen LogP contribution in [0.4, 0.5) is 4.79 Å². The van der Waals surface area contributed by atoms with E-state index in [2.05, 4.69) is 5.32 Å². The zero-order chi connectivity index (χ0) is 19.2. The van der Waals surface area contributed by atoms with Gasteiger partial charge in [0.25, 0.3) is 0 Å². The number of carbonyl (C=O) groups is 2. The second-order valence-electron chi connectivity index (χ2n) is 7.72. The summed E-state index contributed by atoms with van der Waals surface area (Å²) in [4.78, 5) is 26.2. The summed E-state index contributed by atoms with van der Waals surface area (Å²) < 4.78 is 11.0. The van der Waals surface area contributed by atoms with Gasteiger partial charge in [0.15, 0.2) is 0 Å². The predicted molar refractivity (Wildman–Crippen MR) is 100 cm³/mol. The van der Waals surface area contributed by atoms with Gasteiger partial charge in [0.1, 0.15) is 18.0 Å². The first-order valence-corrected chi connectivity index (χ1v) is 9.20. The van der Waals surface area contributed by atoms with E-state index < -0.39 is 5.60 Å². The summed E-state index contributed by atoms with van der Waals surface area (Å²) in [5.41, 5.74) is 0.650. The fourth-order valence-corrected chi connectivity index (χ4v) is 2.81. The molecule has 0 aliphatic carbocycles. The second-order valence-corrected chi connectivity index (χ2v) is 7.72. The molecule has 144 valence electrons. The van der Waals surface area contributed by atoms with Crippen molar-refractivity contribution in [1.29, 1.82) is 0 Å². The summed E-state index contributed by atoms with van der Waals surface area (Å²) >= 11 is 0. The van der Waals surface area contributed by atoms with Gasteiger partial charge in [0.05, 0.1) is 12.5 Å². The van der Waals surface area contributed by atoms with Crippen LogP contribution in [0.25, 0.3) is 0 Å². The molecule has 1 aliphatic heterocycles. The van der Waals surface area contributed by atoms with Crippen molar-refractivity contribution >= 4 is 12.0 Å². The minimum absolute atomic E-state index is 0.0363. The molecular weight excluding hydrogens is 332 g/mol. The highest BCUT2D eigenvalue weighted by Crippen LogP contribution is 2.19. The lowest BCUT2D eigenvalue weighted by Gasteiger charge is -2.33. The van der Waals surface area contributed by atoms with Crippen molar-refractivity contribution < 1.29 is 19.1 Å². The number of benzene rings is 1. The number of aryl methyl sites for hydroxylation is 1. The molecule has 1 aliphatic rings. The number of nitrogens with one attached hydrogen (secondary N) is 1. The fourth-order valence-electron chi connectivity index (χ4n) is 2.81. The van der Waals surface area contributed by atoms with Crippen LogP contribution in [0.15, 0.2) is 24.3 Å². The molecule has 6 heteroatoms. The van der Waals surface area contributed by atoms with Gasteiger partial charge in [0.2, 0.25) is 5.91 Å². The average Bonchev–Trinajstić information content (AvgIpc) is 2.58. The molecule has 0 saturated carbocycles. The van der Waals surface area contributed by atoms with Crippen LogP contribution in [0.3, 0.4) is 0 Å². The van der Waals surface area contributed by atoms with E-state index >= 15 is 0 Å². The van der Waals surface area contributed by atoms with E-state index in [1.54, 1.807) is 4.90 Å². The van der Waals surface area contributed by atoms with Crippen molar-refractivity contribution in [3.05, 3.63) is 29.8 Å². The maximum absolute atomic E-state index is 12.4. The molecule has 1 saturated heterocycles. The Hall–Kier alpha value is -2.24. The van der Waals surface area contributed by atoms with Crippen LogP contribution in [-0.2, 0) is 9.53 Å². The van der Waals surface area contributed by atoms with Crippen LogP contribution in [0, 0.1) is 12.8 Å². The monoisotopic (exact) mass is 362 g/mol. The summed E-state index contributed by atoms with van der Waals surface area (Å²) in [6.45, 7) is 9.43. The first-order chi connectivity index (χ1) is 12.2. The van der Waals surface area contributed by atoms with Gasteiger partial charge >= 0.3 is 6.09 Å². The van der Waals surface area contributed by atoms with E-state index in [4.69, 9.17) is 9.47 Å². The highest BCUT2D eigenvalue weighted by molar-refractivity contribution is 5.80. The number of hydrogen-bond acceptors (Lipinski definition) is 4. The topological polar surface area (TPSA) is 67.9 Å². The molecule has 0 aromatic heterocycles. The smallest absolute Gasteiger partial charge is 0.410 e. The molecule has 1 unspecified atom stereocenters. The number of likely N-dealkylation sites (tertiary alicyclic amines) is 1. The van der Waals surface area contributed by atoms with E-state index in [-0.39, 0.29) is 17.9 Å². The van der Waals surface area contributed by atoms with Gasteiger partial charge in [-0.25, -0.2) is 4.79 Å². The Kier molecular flexibility index (Phi) is 6.89. The Labute approximate surface area is 155 Å². The van der Waals surface area contributed by atoms with Crippen LogP contribution in [0.5, 0.6) is 5.75 Å². The minimum Gasteiger partial charge on any atom is -0.492 e. The van der Waals surface area contributed by atoms with Crippen molar-refractivity contribution in [2.45, 2.75) is 46.1 Å². The van der Waals surface area contributed by atoms with Crippen molar-refractivity contribution in [2.75, 3.05) is 26.2 Å². The van der Waals surface area contributed by atoms with Gasteiger partial charge in [0, 0.05) is 13.1 Å². The van der Waals surface area contributed by atoms with Crippen LogP contribution in [0.1, 0.15) is 39.2 Å². The summed E-state index contributed by atoms with van der Waals surface area (Å²) in [6.07, 6.45) is 1.24. The third kappa shape index (κ3) is 6.58. The Morgan fingerprint density at radius 2 is 1.92 bits per heavy atom. The van der Waals surface area contributed by atoms with E-state index in [0.717, 1.165) is 18.6 Å². The van der Waals surface area contributed by atoms with Crippen molar-refractivity contribution in [3.8, 4) is 5.75 Å². The number of rotatable bonds is 5. The van der Waals surface area contributed by atoms with Gasteiger partial charge < -0.3 is 19.7 Å². The van der Waals surface area contributed by atoms with E-state index in [9.17, 15) is 9.59 Å². The second kappa shape index (κ2) is 8.92. The summed E-state index contributed by atoms with van der Waals surface area (Å²) in [5, 5.41) is 2.90. The highest BCUT2D eigenvalue weighted by Gasteiger charge is 2.30. The van der Waals surface area contributed by atoms with Crippen molar-refractivity contribution in [2.24, 2.45) is 5.92 Å². The van der Waals surface area contributed by atoms with Gasteiger partial charge in [-0.15, -0.1) is 0 Å². The summed E-state index contributed by atoms with van der Waals surface area (Å²) in [6, 6.07) is 7.80. The number of nitrogens with zero attached hydrogens (tertiary/aromatic N) is 1. The molecule has 1 heterocycles. The van der Waals surface area contributed by atoms with Crippen LogP contribution >= 0.6 is 0 Å². The third-order valence-electron chi connectivity index (χ3n) is 4.13. The van der Waals surface area contributed by atoms with Crippen molar-refractivity contribution in [1.82, 2.24) is 10.2 Å². The third-order valence-corrected chi connectivity index (χ3v) is 4.13. The molecule has 0 radical (unpaired) electrons. The number of amides is 2. The van der Waals surface area contributed by atoms with E-state index in [1.807, 2.05) is 52.0 Å². The maximum atomic E-state index is 12.4. The first-order valence-electron chi connectivity index (χ1n) is 9.20. The lowest BCUT2D eigenvalue weighted by atomic mass is 9.97. The number of piperidine rings is 1. The number of ether oxygens (including phenoxy) is 2. The molecular formula is C20H30N2O4. The normalized spacial score (nSPS) is 17.5. The largest absolute Gasteiger partial charge is 0.492 e. The van der Waals surface area contributed by atoms with Crippen LogP contribution in [0.2, 0.25) is 0 Å². The molecule has 1 fully saturated rings. The van der Waals surface area contributed by atoms with Gasteiger partial charge in [-0.2, -0.15) is 0 Å². The predicted octanol–water partition coefficient (Wildman–Crippen LogP) is 3.14.